The molecule has 0 saturated carbocycles. The third kappa shape index (κ3) is 1.61. The predicted molar refractivity (Wildman–Crippen MR) is 61.0 cm³/mol. The first-order chi connectivity index (χ1) is 7.52. The van der Waals surface area contributed by atoms with Gasteiger partial charge >= 0.3 is 0 Å². The van der Waals surface area contributed by atoms with E-state index in [-0.39, 0.29) is 6.04 Å². The SMILES string of the molecule is CC(C)C1NCCc2c1c(C(N)=O)nn2C. The third-order valence-electron chi connectivity index (χ3n) is 3.14. The number of hydrogen-bond acceptors (Lipinski definition) is 3. The van der Waals surface area contributed by atoms with E-state index < -0.39 is 5.91 Å². The van der Waals surface area contributed by atoms with Crippen molar-refractivity contribution in [2.75, 3.05) is 6.54 Å². The molecule has 0 fully saturated rings. The topological polar surface area (TPSA) is 72.9 Å². The van der Waals surface area contributed by atoms with Crippen molar-refractivity contribution in [1.29, 1.82) is 0 Å². The van der Waals surface area contributed by atoms with Crippen LogP contribution < -0.4 is 11.1 Å². The Morgan fingerprint density at radius 2 is 2.31 bits per heavy atom. The summed E-state index contributed by atoms with van der Waals surface area (Å²) in [7, 11) is 1.87. The maximum Gasteiger partial charge on any atom is 0.269 e. The average molecular weight is 222 g/mol. The fraction of sp³-hybridized carbons (Fsp3) is 0.636. The second-order valence-electron chi connectivity index (χ2n) is 4.62. The lowest BCUT2D eigenvalue weighted by atomic mass is 9.90. The molecule has 2 heterocycles. The molecule has 2 rings (SSSR count). The van der Waals surface area contributed by atoms with E-state index in [1.54, 1.807) is 4.68 Å². The van der Waals surface area contributed by atoms with Crippen LogP contribution in [0.1, 0.15) is 41.6 Å². The van der Waals surface area contributed by atoms with Crippen LogP contribution in [0.3, 0.4) is 0 Å². The first-order valence-corrected chi connectivity index (χ1v) is 5.61. The molecule has 88 valence electrons. The molecular formula is C11H18N4O. The minimum atomic E-state index is -0.439. The lowest BCUT2D eigenvalue weighted by molar-refractivity contribution is 0.0993. The van der Waals surface area contributed by atoms with Crippen molar-refractivity contribution in [3.8, 4) is 0 Å². The van der Waals surface area contributed by atoms with Crippen LogP contribution >= 0.6 is 0 Å². The van der Waals surface area contributed by atoms with Gasteiger partial charge in [0.05, 0.1) is 0 Å². The zero-order valence-corrected chi connectivity index (χ0v) is 9.95. The van der Waals surface area contributed by atoms with Crippen LogP contribution in [0, 0.1) is 5.92 Å². The molecule has 0 bridgehead atoms. The highest BCUT2D eigenvalue weighted by atomic mass is 16.1. The molecule has 1 aliphatic rings. The Morgan fingerprint density at radius 3 is 2.88 bits per heavy atom. The summed E-state index contributed by atoms with van der Waals surface area (Å²) in [5.74, 6) is -0.0208. The molecule has 1 atom stereocenters. The molecule has 16 heavy (non-hydrogen) atoms. The van der Waals surface area contributed by atoms with Crippen LogP contribution in [0.5, 0.6) is 0 Å². The van der Waals surface area contributed by atoms with E-state index in [1.165, 1.54) is 0 Å². The van der Waals surface area contributed by atoms with Gasteiger partial charge in [-0.2, -0.15) is 5.10 Å². The van der Waals surface area contributed by atoms with E-state index in [1.807, 2.05) is 7.05 Å². The van der Waals surface area contributed by atoms with Gasteiger partial charge in [-0.25, -0.2) is 0 Å². The van der Waals surface area contributed by atoms with Crippen molar-refractivity contribution >= 4 is 5.91 Å². The molecule has 5 nitrogen and oxygen atoms in total. The molecule has 1 aromatic rings. The number of nitrogens with two attached hydrogens (primary N) is 1. The number of aryl methyl sites for hydroxylation is 1. The highest BCUT2D eigenvalue weighted by molar-refractivity contribution is 5.92. The number of fused-ring (bicyclic) bond motifs is 1. The summed E-state index contributed by atoms with van der Waals surface area (Å²) < 4.78 is 1.78. The summed E-state index contributed by atoms with van der Waals surface area (Å²) in [5, 5.41) is 7.65. The highest BCUT2D eigenvalue weighted by Crippen LogP contribution is 2.30. The van der Waals surface area contributed by atoms with Crippen molar-refractivity contribution in [3.05, 3.63) is 17.0 Å². The summed E-state index contributed by atoms with van der Waals surface area (Å²) in [6, 6.07) is 0.181. The average Bonchev–Trinajstić information content (AvgIpc) is 2.56. The molecule has 1 amide bonds. The van der Waals surface area contributed by atoms with E-state index in [9.17, 15) is 4.79 Å². The smallest absolute Gasteiger partial charge is 0.269 e. The first kappa shape index (κ1) is 11.1. The van der Waals surface area contributed by atoms with Crippen LogP contribution in [0.2, 0.25) is 0 Å². The quantitative estimate of drug-likeness (QED) is 0.759. The number of carbonyl (C=O) groups excluding carboxylic acids is 1. The number of aromatic nitrogens is 2. The Balaban J connectivity index is 2.56. The monoisotopic (exact) mass is 222 g/mol. The standard InChI is InChI=1S/C11H18N4O/c1-6(2)9-8-7(4-5-13-9)15(3)14-10(8)11(12)16/h6,9,13H,4-5H2,1-3H3,(H2,12,16). The van der Waals surface area contributed by atoms with Crippen molar-refractivity contribution in [1.82, 2.24) is 15.1 Å². The van der Waals surface area contributed by atoms with Crippen LogP contribution in [0.25, 0.3) is 0 Å². The maximum absolute atomic E-state index is 11.4. The zero-order chi connectivity index (χ0) is 11.9. The molecule has 0 aromatic carbocycles. The molecule has 0 saturated heterocycles. The number of carbonyl (C=O) groups is 1. The Bertz CT molecular complexity index is 422. The summed E-state index contributed by atoms with van der Waals surface area (Å²) in [6.07, 6.45) is 0.898. The Hall–Kier alpha value is -1.36. The zero-order valence-electron chi connectivity index (χ0n) is 9.95. The summed E-state index contributed by atoms with van der Waals surface area (Å²) in [5.41, 5.74) is 7.92. The number of rotatable bonds is 2. The van der Waals surface area contributed by atoms with Crippen LogP contribution in [0.15, 0.2) is 0 Å². The second-order valence-corrected chi connectivity index (χ2v) is 4.62. The molecule has 0 aliphatic carbocycles. The van der Waals surface area contributed by atoms with Gasteiger partial charge in [-0.1, -0.05) is 13.8 Å². The third-order valence-corrected chi connectivity index (χ3v) is 3.14. The Kier molecular flexibility index (Phi) is 2.71. The van der Waals surface area contributed by atoms with E-state index in [4.69, 9.17) is 5.73 Å². The van der Waals surface area contributed by atoms with Crippen molar-refractivity contribution in [3.63, 3.8) is 0 Å². The predicted octanol–water partition coefficient (Wildman–Crippen LogP) is 0.362. The van der Waals surface area contributed by atoms with Gasteiger partial charge in [0.1, 0.15) is 0 Å². The van der Waals surface area contributed by atoms with Gasteiger partial charge in [-0.3, -0.25) is 9.48 Å². The minimum Gasteiger partial charge on any atom is -0.364 e. The molecule has 5 heteroatoms. The highest BCUT2D eigenvalue weighted by Gasteiger charge is 2.31. The van der Waals surface area contributed by atoms with Crippen LogP contribution in [0.4, 0.5) is 0 Å². The number of amides is 1. The fourth-order valence-electron chi connectivity index (χ4n) is 2.40. The normalized spacial score (nSPS) is 19.9. The van der Waals surface area contributed by atoms with Crippen molar-refractivity contribution in [2.24, 2.45) is 18.7 Å². The van der Waals surface area contributed by atoms with Crippen LogP contribution in [-0.4, -0.2) is 22.2 Å². The van der Waals surface area contributed by atoms with E-state index in [0.29, 0.717) is 11.6 Å². The van der Waals surface area contributed by atoms with Gasteiger partial charge < -0.3 is 11.1 Å². The molecule has 1 unspecified atom stereocenters. The van der Waals surface area contributed by atoms with Gasteiger partial charge in [0, 0.05) is 37.3 Å². The van der Waals surface area contributed by atoms with E-state index in [2.05, 4.69) is 24.3 Å². The fourth-order valence-corrected chi connectivity index (χ4v) is 2.40. The van der Waals surface area contributed by atoms with Gasteiger partial charge in [-0.05, 0) is 5.92 Å². The summed E-state index contributed by atoms with van der Waals surface area (Å²) in [4.78, 5) is 11.4. The summed E-state index contributed by atoms with van der Waals surface area (Å²) >= 11 is 0. The number of hydrogen-bond donors (Lipinski definition) is 2. The van der Waals surface area contributed by atoms with Crippen molar-refractivity contribution in [2.45, 2.75) is 26.3 Å². The largest absolute Gasteiger partial charge is 0.364 e. The lowest BCUT2D eigenvalue weighted by Gasteiger charge is -2.28. The maximum atomic E-state index is 11.4. The van der Waals surface area contributed by atoms with Crippen LogP contribution in [-0.2, 0) is 13.5 Å². The second kappa shape index (κ2) is 3.90. The minimum absolute atomic E-state index is 0.181. The van der Waals surface area contributed by atoms with Gasteiger partial charge in [0.25, 0.3) is 5.91 Å². The molecule has 0 radical (unpaired) electrons. The van der Waals surface area contributed by atoms with E-state index in [0.717, 1.165) is 24.2 Å². The molecule has 0 spiro atoms. The van der Waals surface area contributed by atoms with Gasteiger partial charge in [-0.15, -0.1) is 0 Å². The van der Waals surface area contributed by atoms with Crippen molar-refractivity contribution < 1.29 is 4.79 Å². The summed E-state index contributed by atoms with van der Waals surface area (Å²) in [6.45, 7) is 5.18. The first-order valence-electron chi connectivity index (χ1n) is 5.61. The molecule has 1 aliphatic heterocycles. The molecular weight excluding hydrogens is 204 g/mol. The lowest BCUT2D eigenvalue weighted by Crippen LogP contribution is -2.34. The Labute approximate surface area is 95.0 Å². The number of nitrogens with zero attached hydrogens (tertiary/aromatic N) is 2. The van der Waals surface area contributed by atoms with E-state index >= 15 is 0 Å². The number of nitrogens with one attached hydrogen (secondary N) is 1. The van der Waals surface area contributed by atoms with Gasteiger partial charge in [0.15, 0.2) is 5.69 Å². The molecule has 3 N–H and O–H groups in total. The number of primary amides is 1. The Morgan fingerprint density at radius 1 is 1.62 bits per heavy atom. The van der Waals surface area contributed by atoms with Gasteiger partial charge in [0.2, 0.25) is 0 Å². The molecule has 1 aromatic heterocycles.